The highest BCUT2D eigenvalue weighted by molar-refractivity contribution is 6.79. The Kier molecular flexibility index (Phi) is 90.0. The lowest BCUT2D eigenvalue weighted by Gasteiger charge is -2.35. The third-order valence-corrected chi connectivity index (χ3v) is 34.7. The van der Waals surface area contributed by atoms with Gasteiger partial charge in [-0.05, 0) is 233 Å². The average molecular weight is 1780 g/mol. The van der Waals surface area contributed by atoms with Crippen molar-refractivity contribution in [3.8, 4) is 0 Å². The Bertz CT molecular complexity index is 1970. The quantitative estimate of drug-likeness (QED) is 0.0255. The lowest BCUT2D eigenvalue weighted by atomic mass is 9.94. The van der Waals surface area contributed by atoms with Crippen molar-refractivity contribution in [2.45, 2.75) is 531 Å². The molecule has 0 aliphatic carbocycles. The average Bonchev–Trinajstić information content (AvgIpc) is 0.858. The third kappa shape index (κ3) is 84.2. The van der Waals surface area contributed by atoms with E-state index in [9.17, 15) is 19.8 Å². The molecule has 0 radical (unpaired) electrons. The van der Waals surface area contributed by atoms with Crippen LogP contribution in [0.3, 0.4) is 0 Å². The molecule has 0 aromatic carbocycles. The minimum absolute atomic E-state index is 0.0525. The van der Waals surface area contributed by atoms with Crippen molar-refractivity contribution in [2.75, 3.05) is 92.1 Å². The van der Waals surface area contributed by atoms with E-state index in [2.05, 4.69) is 118 Å². The number of unbranched alkanes of at least 4 members (excludes halogenated alkanes) is 44. The minimum Gasteiger partial charge on any atom is -0.465 e. The molecule has 0 aliphatic heterocycles. The fraction of sp³-hybridized carbons (Fsp3) is 0.980. The second-order valence-electron chi connectivity index (χ2n) is 37.6. The Morgan fingerprint density at radius 2 is 0.450 bits per heavy atom. The van der Waals surface area contributed by atoms with Crippen molar-refractivity contribution in [3.05, 3.63) is 0 Å². The van der Waals surface area contributed by atoms with E-state index in [0.29, 0.717) is 26.4 Å². The summed E-state index contributed by atoms with van der Waals surface area (Å²) in [5, 5.41) is 18.8. The summed E-state index contributed by atoms with van der Waals surface area (Å²) in [6, 6.07) is 0. The summed E-state index contributed by atoms with van der Waals surface area (Å²) in [6.07, 6.45) is 74.5. The number of aliphatic hydroxyl groups excluding tert-OH is 2. The number of hydrogen-bond donors (Lipinski definition) is 2. The van der Waals surface area contributed by atoms with Crippen molar-refractivity contribution >= 4 is 46.2 Å². The molecule has 120 heavy (non-hydrogen) atoms. The Morgan fingerprint density at radius 1 is 0.242 bits per heavy atom. The van der Waals surface area contributed by atoms with Crippen molar-refractivity contribution in [1.29, 1.82) is 0 Å². The SMILES string of the molecule is CCCCCCCCOC(CCCCCCC)O[Si](C)(C)O[Si](C)(C)OCCCCN(CCCCO)CCCCCCOC(=O)C(CCCCCC)CCCCCCCC.CCCCCCCCOC(CCCCCCC)O[Si](C)(C)O[Si](C)(C)OCCCCN(CCCCO)CCCCCCOC(=O)C(CCCCCC)CCCCCCCC. The third-order valence-electron chi connectivity index (χ3n) is 23.4. The molecule has 0 rings (SSSR count). The molecule has 0 aromatic rings. The van der Waals surface area contributed by atoms with E-state index in [0.717, 1.165) is 245 Å². The van der Waals surface area contributed by atoms with Gasteiger partial charge in [-0.15, -0.1) is 0 Å². The van der Waals surface area contributed by atoms with Gasteiger partial charge in [-0.25, -0.2) is 0 Å². The second kappa shape index (κ2) is 88.9. The first-order valence-corrected chi connectivity index (χ1v) is 63.6. The van der Waals surface area contributed by atoms with Crippen LogP contribution >= 0.6 is 0 Å². The Balaban J connectivity index is 0. The second-order valence-corrected chi connectivity index (χ2v) is 51.5. The van der Waals surface area contributed by atoms with E-state index in [-0.39, 0.29) is 49.6 Å². The fourth-order valence-electron chi connectivity index (χ4n) is 16.3. The van der Waals surface area contributed by atoms with E-state index in [1.165, 1.54) is 218 Å². The van der Waals surface area contributed by atoms with Crippen LogP contribution in [0.1, 0.15) is 466 Å². The van der Waals surface area contributed by atoms with Crippen molar-refractivity contribution in [3.63, 3.8) is 0 Å². The molecule has 2 N–H and O–H groups in total. The molecular weight excluding hydrogens is 1570 g/mol. The summed E-state index contributed by atoms with van der Waals surface area (Å²) in [5.74, 6) is 0.274. The van der Waals surface area contributed by atoms with Crippen molar-refractivity contribution in [2.24, 2.45) is 11.8 Å². The zero-order valence-electron chi connectivity index (χ0n) is 83.2. The van der Waals surface area contributed by atoms with Gasteiger partial charge in [0.25, 0.3) is 0 Å². The van der Waals surface area contributed by atoms with Crippen LogP contribution in [-0.2, 0) is 54.5 Å². The molecular formula is C100H210N2O14Si4. The summed E-state index contributed by atoms with van der Waals surface area (Å²) in [6.45, 7) is 46.2. The molecule has 4 atom stereocenters. The maximum atomic E-state index is 13.0. The number of nitrogens with zero attached hydrogens (tertiary/aromatic N) is 2. The van der Waals surface area contributed by atoms with Crippen molar-refractivity contribution < 1.29 is 64.7 Å². The first kappa shape index (κ1) is 121. The zero-order chi connectivity index (χ0) is 88.8. The topological polar surface area (TPSA) is 173 Å². The van der Waals surface area contributed by atoms with Gasteiger partial charge in [-0.3, -0.25) is 9.59 Å². The summed E-state index contributed by atoms with van der Waals surface area (Å²) in [5.41, 5.74) is 0. The molecule has 0 saturated heterocycles. The van der Waals surface area contributed by atoms with Gasteiger partial charge >= 0.3 is 46.2 Å². The van der Waals surface area contributed by atoms with Crippen LogP contribution in [0.5, 0.6) is 0 Å². The van der Waals surface area contributed by atoms with Gasteiger partial charge in [-0.1, -0.05) is 325 Å². The smallest absolute Gasteiger partial charge is 0.324 e. The standard InChI is InChI=1S/2C50H105NO7Si2/c2*1-9-13-17-21-24-29-39-48(38-28-20-16-12-4)50(53)55-46-36-27-25-31-41-51(42-32-34-44-52)43-33-37-47-56-59(5,6)58-60(7,8)57-49(40-30-23-19-15-11-3)54-45-35-26-22-18-14-10-2/h2*48-49,52H,9-47H2,1-8H3. The number of carbonyl (C=O) groups is 2. The Morgan fingerprint density at radius 3 is 0.725 bits per heavy atom. The predicted octanol–water partition coefficient (Wildman–Crippen LogP) is 29.6. The van der Waals surface area contributed by atoms with Gasteiger partial charge in [0.05, 0.1) is 25.0 Å². The molecule has 0 fully saturated rings. The summed E-state index contributed by atoms with van der Waals surface area (Å²) in [7, 11) is -9.69. The lowest BCUT2D eigenvalue weighted by Crippen LogP contribution is -2.50. The van der Waals surface area contributed by atoms with E-state index in [1.807, 2.05) is 0 Å². The summed E-state index contributed by atoms with van der Waals surface area (Å²) in [4.78, 5) is 31.2. The molecule has 0 bridgehead atoms. The molecule has 0 heterocycles. The minimum atomic E-state index is -2.47. The van der Waals surface area contributed by atoms with Gasteiger partial charge in [0.15, 0.2) is 0 Å². The molecule has 4 unspecified atom stereocenters. The molecule has 16 nitrogen and oxygen atoms in total. The molecule has 0 amide bonds. The predicted molar refractivity (Wildman–Crippen MR) is 522 cm³/mol. The van der Waals surface area contributed by atoms with Gasteiger partial charge in [0, 0.05) is 39.6 Å². The van der Waals surface area contributed by atoms with Gasteiger partial charge in [0.2, 0.25) is 0 Å². The van der Waals surface area contributed by atoms with Crippen LogP contribution in [0.2, 0.25) is 52.4 Å². The molecule has 0 spiro atoms. The zero-order valence-corrected chi connectivity index (χ0v) is 87.2. The number of esters is 2. The lowest BCUT2D eigenvalue weighted by molar-refractivity contribution is -0.150. The van der Waals surface area contributed by atoms with Gasteiger partial charge in [-0.2, -0.15) is 0 Å². The van der Waals surface area contributed by atoms with Crippen LogP contribution in [0, 0.1) is 11.8 Å². The van der Waals surface area contributed by atoms with Crippen LogP contribution in [0.25, 0.3) is 0 Å². The van der Waals surface area contributed by atoms with Crippen LogP contribution < -0.4 is 0 Å². The Labute approximate surface area is 751 Å². The number of aliphatic hydroxyl groups is 2. The molecule has 20 heteroatoms. The highest BCUT2D eigenvalue weighted by Crippen LogP contribution is 2.28. The highest BCUT2D eigenvalue weighted by atomic mass is 28.5. The molecule has 720 valence electrons. The fourth-order valence-corrected chi connectivity index (χ4v) is 29.5. The number of carbonyl (C=O) groups excluding carboxylic acids is 2. The van der Waals surface area contributed by atoms with Gasteiger partial charge < -0.3 is 64.9 Å². The number of hydrogen-bond acceptors (Lipinski definition) is 16. The normalized spacial score (nSPS) is 13.4. The van der Waals surface area contributed by atoms with Crippen LogP contribution in [-0.4, -0.2) is 171 Å². The molecule has 0 aromatic heterocycles. The summed E-state index contributed by atoms with van der Waals surface area (Å²) < 4.78 is 64.1. The van der Waals surface area contributed by atoms with Crippen molar-refractivity contribution in [1.82, 2.24) is 9.80 Å². The highest BCUT2D eigenvalue weighted by Gasteiger charge is 2.40. The van der Waals surface area contributed by atoms with Crippen LogP contribution in [0.4, 0.5) is 0 Å². The van der Waals surface area contributed by atoms with Gasteiger partial charge in [0.1, 0.15) is 12.6 Å². The monoisotopic (exact) mass is 1780 g/mol. The number of ether oxygens (including phenoxy) is 4. The first-order valence-electron chi connectivity index (χ1n) is 52.3. The van der Waals surface area contributed by atoms with Crippen LogP contribution in [0.15, 0.2) is 0 Å². The molecule has 0 saturated carbocycles. The van der Waals surface area contributed by atoms with E-state index >= 15 is 0 Å². The maximum Gasteiger partial charge on any atom is 0.324 e. The van der Waals surface area contributed by atoms with E-state index < -0.39 is 34.2 Å². The van der Waals surface area contributed by atoms with E-state index in [1.54, 1.807) is 0 Å². The number of rotatable bonds is 96. The van der Waals surface area contributed by atoms with E-state index in [4.69, 9.17) is 44.9 Å². The first-order chi connectivity index (χ1) is 58.1. The summed E-state index contributed by atoms with van der Waals surface area (Å²) >= 11 is 0. The Hall–Kier alpha value is -0.672. The largest absolute Gasteiger partial charge is 0.465 e. The molecule has 0 aliphatic rings. The maximum absolute atomic E-state index is 13.0.